The van der Waals surface area contributed by atoms with E-state index in [1.807, 2.05) is 45.0 Å². The van der Waals surface area contributed by atoms with Crippen LogP contribution in [0.3, 0.4) is 0 Å². The average Bonchev–Trinajstić information content (AvgIpc) is 2.29. The summed E-state index contributed by atoms with van der Waals surface area (Å²) in [7, 11) is 0. The summed E-state index contributed by atoms with van der Waals surface area (Å²) in [5.74, 6) is 0. The van der Waals surface area contributed by atoms with Crippen LogP contribution in [0.1, 0.15) is 31.9 Å². The largest absolute Gasteiger partial charge is 0.465 e. The van der Waals surface area contributed by atoms with Crippen LogP contribution < -0.4 is 0 Å². The molecular formula is C15H23NO3. The molecule has 0 bridgehead atoms. The van der Waals surface area contributed by atoms with Gasteiger partial charge in [-0.2, -0.15) is 0 Å². The van der Waals surface area contributed by atoms with Crippen molar-refractivity contribution in [3.05, 3.63) is 35.4 Å². The van der Waals surface area contributed by atoms with Crippen LogP contribution in [0, 0.1) is 0 Å². The van der Waals surface area contributed by atoms with Gasteiger partial charge in [0.05, 0.1) is 0 Å². The molecule has 0 aliphatic heterocycles. The van der Waals surface area contributed by atoms with Crippen molar-refractivity contribution in [3.8, 4) is 0 Å². The predicted molar refractivity (Wildman–Crippen MR) is 75.4 cm³/mol. The van der Waals surface area contributed by atoms with Crippen molar-refractivity contribution in [2.45, 2.75) is 39.2 Å². The van der Waals surface area contributed by atoms with E-state index in [0.29, 0.717) is 19.4 Å². The quantitative estimate of drug-likeness (QED) is 0.860. The van der Waals surface area contributed by atoms with Crippen LogP contribution in [0.5, 0.6) is 0 Å². The second-order valence-electron chi connectivity index (χ2n) is 5.65. The fourth-order valence-corrected chi connectivity index (χ4v) is 1.96. The van der Waals surface area contributed by atoms with Crippen molar-refractivity contribution in [1.82, 2.24) is 4.90 Å². The molecule has 0 unspecified atom stereocenters. The van der Waals surface area contributed by atoms with E-state index < -0.39 is 6.09 Å². The standard InChI is InChI=1S/C15H23NO3/c1-15(2,3)16(14(18)19)10-8-12-4-6-13(7-5-12)9-11-17/h4-7,17H,8-11H2,1-3H3,(H,18,19). The first-order valence-corrected chi connectivity index (χ1v) is 6.54. The minimum Gasteiger partial charge on any atom is -0.465 e. The highest BCUT2D eigenvalue weighted by molar-refractivity contribution is 5.66. The number of amides is 1. The lowest BCUT2D eigenvalue weighted by Crippen LogP contribution is -2.45. The number of aliphatic hydroxyl groups is 1. The summed E-state index contributed by atoms with van der Waals surface area (Å²) in [5, 5.41) is 18.0. The molecule has 0 heterocycles. The molecule has 1 aromatic rings. The van der Waals surface area contributed by atoms with Gasteiger partial charge in [-0.25, -0.2) is 4.79 Å². The third-order valence-electron chi connectivity index (χ3n) is 3.09. The Balaban J connectivity index is 2.62. The Kier molecular flexibility index (Phi) is 5.36. The Morgan fingerprint density at radius 3 is 1.95 bits per heavy atom. The van der Waals surface area contributed by atoms with E-state index in [4.69, 9.17) is 5.11 Å². The first kappa shape index (κ1) is 15.5. The van der Waals surface area contributed by atoms with E-state index >= 15 is 0 Å². The Morgan fingerprint density at radius 1 is 1.11 bits per heavy atom. The Hall–Kier alpha value is -1.55. The smallest absolute Gasteiger partial charge is 0.407 e. The van der Waals surface area contributed by atoms with E-state index in [0.717, 1.165) is 11.1 Å². The lowest BCUT2D eigenvalue weighted by molar-refractivity contribution is 0.101. The second kappa shape index (κ2) is 6.57. The number of nitrogens with zero attached hydrogens (tertiary/aromatic N) is 1. The van der Waals surface area contributed by atoms with Gasteiger partial charge in [-0.05, 0) is 44.7 Å². The molecule has 0 saturated heterocycles. The van der Waals surface area contributed by atoms with E-state index in [1.54, 1.807) is 0 Å². The van der Waals surface area contributed by atoms with Gasteiger partial charge in [-0.15, -0.1) is 0 Å². The molecule has 2 N–H and O–H groups in total. The maximum absolute atomic E-state index is 11.2. The van der Waals surface area contributed by atoms with Gasteiger partial charge in [0.2, 0.25) is 0 Å². The van der Waals surface area contributed by atoms with Crippen molar-refractivity contribution >= 4 is 6.09 Å². The molecule has 0 aromatic heterocycles. The average molecular weight is 265 g/mol. The van der Waals surface area contributed by atoms with Crippen LogP contribution in [-0.2, 0) is 12.8 Å². The fourth-order valence-electron chi connectivity index (χ4n) is 1.96. The zero-order valence-electron chi connectivity index (χ0n) is 11.9. The van der Waals surface area contributed by atoms with Crippen molar-refractivity contribution in [3.63, 3.8) is 0 Å². The van der Waals surface area contributed by atoms with Gasteiger partial charge in [-0.3, -0.25) is 0 Å². The Morgan fingerprint density at radius 2 is 1.58 bits per heavy atom. The van der Waals surface area contributed by atoms with Gasteiger partial charge in [0, 0.05) is 18.7 Å². The normalized spacial score (nSPS) is 11.4. The van der Waals surface area contributed by atoms with E-state index in [-0.39, 0.29) is 12.1 Å². The summed E-state index contributed by atoms with van der Waals surface area (Å²) >= 11 is 0. The summed E-state index contributed by atoms with van der Waals surface area (Å²) in [6.45, 7) is 6.32. The number of carboxylic acid groups (broad SMARTS) is 1. The van der Waals surface area contributed by atoms with Crippen molar-refractivity contribution < 1.29 is 15.0 Å². The molecule has 0 radical (unpaired) electrons. The van der Waals surface area contributed by atoms with Gasteiger partial charge >= 0.3 is 6.09 Å². The molecule has 0 spiro atoms. The number of hydrogen-bond acceptors (Lipinski definition) is 2. The number of carbonyl (C=O) groups is 1. The molecular weight excluding hydrogens is 242 g/mol. The van der Waals surface area contributed by atoms with Crippen LogP contribution in [0.25, 0.3) is 0 Å². The van der Waals surface area contributed by atoms with Crippen molar-refractivity contribution in [2.24, 2.45) is 0 Å². The van der Waals surface area contributed by atoms with Gasteiger partial charge in [0.25, 0.3) is 0 Å². The highest BCUT2D eigenvalue weighted by atomic mass is 16.4. The maximum atomic E-state index is 11.2. The number of aliphatic hydroxyl groups excluding tert-OH is 1. The monoisotopic (exact) mass is 265 g/mol. The Bertz CT molecular complexity index is 406. The van der Waals surface area contributed by atoms with Gasteiger partial charge in [-0.1, -0.05) is 24.3 Å². The molecule has 19 heavy (non-hydrogen) atoms. The topological polar surface area (TPSA) is 60.8 Å². The fraction of sp³-hybridized carbons (Fsp3) is 0.533. The van der Waals surface area contributed by atoms with Gasteiger partial charge < -0.3 is 15.1 Å². The summed E-state index contributed by atoms with van der Waals surface area (Å²) in [6, 6.07) is 7.95. The molecule has 0 fully saturated rings. The van der Waals surface area contributed by atoms with E-state index in [9.17, 15) is 9.90 Å². The van der Waals surface area contributed by atoms with E-state index in [1.165, 1.54) is 4.90 Å². The first-order chi connectivity index (χ1) is 8.84. The lowest BCUT2D eigenvalue weighted by atomic mass is 10.0. The van der Waals surface area contributed by atoms with Crippen LogP contribution in [0.2, 0.25) is 0 Å². The van der Waals surface area contributed by atoms with Gasteiger partial charge in [0.1, 0.15) is 0 Å². The van der Waals surface area contributed by atoms with Crippen LogP contribution in [0.15, 0.2) is 24.3 Å². The minimum absolute atomic E-state index is 0.149. The summed E-state index contributed by atoms with van der Waals surface area (Å²) in [6.07, 6.45) is 0.469. The SMILES string of the molecule is CC(C)(C)N(CCc1ccc(CCO)cc1)C(=O)O. The molecule has 1 amide bonds. The highest BCUT2D eigenvalue weighted by Gasteiger charge is 2.25. The lowest BCUT2D eigenvalue weighted by Gasteiger charge is -2.33. The third kappa shape index (κ3) is 4.91. The molecule has 0 aliphatic carbocycles. The maximum Gasteiger partial charge on any atom is 0.407 e. The molecule has 1 rings (SSSR count). The molecule has 106 valence electrons. The molecule has 0 aliphatic rings. The van der Waals surface area contributed by atoms with Crippen LogP contribution >= 0.6 is 0 Å². The zero-order valence-corrected chi connectivity index (χ0v) is 11.9. The Labute approximate surface area is 114 Å². The number of rotatable bonds is 5. The van der Waals surface area contributed by atoms with Crippen molar-refractivity contribution in [2.75, 3.05) is 13.2 Å². The molecule has 1 aromatic carbocycles. The molecule has 0 atom stereocenters. The zero-order chi connectivity index (χ0) is 14.5. The number of hydrogen-bond donors (Lipinski definition) is 2. The van der Waals surface area contributed by atoms with Crippen LogP contribution in [-0.4, -0.2) is 39.9 Å². The third-order valence-corrected chi connectivity index (χ3v) is 3.09. The van der Waals surface area contributed by atoms with Crippen LogP contribution in [0.4, 0.5) is 4.79 Å². The summed E-state index contributed by atoms with van der Waals surface area (Å²) < 4.78 is 0. The van der Waals surface area contributed by atoms with Crippen molar-refractivity contribution in [1.29, 1.82) is 0 Å². The second-order valence-corrected chi connectivity index (χ2v) is 5.65. The number of benzene rings is 1. The molecule has 4 heteroatoms. The predicted octanol–water partition coefficient (Wildman–Crippen LogP) is 2.54. The van der Waals surface area contributed by atoms with Gasteiger partial charge in [0.15, 0.2) is 0 Å². The summed E-state index contributed by atoms with van der Waals surface area (Å²) in [5.41, 5.74) is 1.82. The summed E-state index contributed by atoms with van der Waals surface area (Å²) in [4.78, 5) is 12.7. The first-order valence-electron chi connectivity index (χ1n) is 6.54. The molecule has 0 saturated carbocycles. The minimum atomic E-state index is -0.885. The van der Waals surface area contributed by atoms with E-state index in [2.05, 4.69) is 0 Å². The molecule has 4 nitrogen and oxygen atoms in total. The highest BCUT2D eigenvalue weighted by Crippen LogP contribution is 2.15.